The van der Waals surface area contributed by atoms with Crippen molar-refractivity contribution in [2.45, 2.75) is 39.5 Å². The summed E-state index contributed by atoms with van der Waals surface area (Å²) >= 11 is 7.65. The predicted octanol–water partition coefficient (Wildman–Crippen LogP) is 4.72. The van der Waals surface area contributed by atoms with Crippen molar-refractivity contribution in [3.8, 4) is 0 Å². The second-order valence-electron chi connectivity index (χ2n) is 4.89. The van der Waals surface area contributed by atoms with Crippen molar-refractivity contribution in [1.29, 1.82) is 0 Å². The fourth-order valence-electron chi connectivity index (χ4n) is 2.45. The number of hydrogen-bond acceptors (Lipinski definition) is 2. The molecular weight excluding hydrogens is 240 g/mol. The van der Waals surface area contributed by atoms with Crippen molar-refractivity contribution in [3.63, 3.8) is 0 Å². The van der Waals surface area contributed by atoms with Gasteiger partial charge in [0, 0.05) is 5.92 Å². The van der Waals surface area contributed by atoms with Gasteiger partial charge in [0.2, 0.25) is 0 Å². The first-order chi connectivity index (χ1) is 7.59. The van der Waals surface area contributed by atoms with Crippen molar-refractivity contribution >= 4 is 28.7 Å². The van der Waals surface area contributed by atoms with Gasteiger partial charge in [-0.05, 0) is 36.6 Å². The smallest absolute Gasteiger partial charge is 0.177 e. The third-order valence-corrected chi connectivity index (χ3v) is 5.14. The van der Waals surface area contributed by atoms with Crippen LogP contribution in [0.1, 0.15) is 47.8 Å². The second kappa shape index (κ2) is 4.89. The van der Waals surface area contributed by atoms with Crippen molar-refractivity contribution in [2.24, 2.45) is 11.8 Å². The summed E-state index contributed by atoms with van der Waals surface area (Å²) in [5, 5.41) is 2.65. The van der Waals surface area contributed by atoms with Crippen molar-refractivity contribution < 1.29 is 4.79 Å². The summed E-state index contributed by atoms with van der Waals surface area (Å²) in [5.74, 6) is 1.16. The molecule has 1 fully saturated rings. The van der Waals surface area contributed by atoms with E-state index in [1.807, 2.05) is 12.3 Å². The molecule has 0 bridgehead atoms. The number of thiophene rings is 1. The Kier molecular flexibility index (Phi) is 3.70. The van der Waals surface area contributed by atoms with Crippen LogP contribution in [0.25, 0.3) is 0 Å². The normalized spacial score (nSPS) is 25.7. The molecule has 0 N–H and O–H groups in total. The third kappa shape index (κ3) is 2.33. The van der Waals surface area contributed by atoms with Crippen molar-refractivity contribution in [1.82, 2.24) is 0 Å². The monoisotopic (exact) mass is 256 g/mol. The third-order valence-electron chi connectivity index (χ3n) is 3.43. The second-order valence-corrected chi connectivity index (χ2v) is 6.15. The molecule has 3 heteroatoms. The van der Waals surface area contributed by atoms with E-state index in [1.165, 1.54) is 24.2 Å². The minimum absolute atomic E-state index is 0.208. The molecule has 88 valence electrons. The lowest BCUT2D eigenvalue weighted by molar-refractivity contribution is 0.0873. The highest BCUT2D eigenvalue weighted by atomic mass is 35.5. The summed E-state index contributed by atoms with van der Waals surface area (Å²) in [5.41, 5.74) is 1.03. The summed E-state index contributed by atoms with van der Waals surface area (Å²) < 4.78 is 0. The molecule has 0 saturated heterocycles. The molecule has 0 spiro atoms. The van der Waals surface area contributed by atoms with Crippen LogP contribution in [0.15, 0.2) is 5.38 Å². The number of carbonyl (C=O) groups excluding carboxylic acids is 1. The molecule has 1 aromatic rings. The zero-order valence-electron chi connectivity index (χ0n) is 9.75. The van der Waals surface area contributed by atoms with E-state index in [9.17, 15) is 4.79 Å². The van der Waals surface area contributed by atoms with Gasteiger partial charge in [-0.15, -0.1) is 11.3 Å². The summed E-state index contributed by atoms with van der Waals surface area (Å²) in [6, 6.07) is 0. The SMILES string of the molecule is Cc1csc(C(=O)C2CCCC(C)C2)c1Cl. The van der Waals surface area contributed by atoms with Crippen LogP contribution in [-0.2, 0) is 0 Å². The molecule has 16 heavy (non-hydrogen) atoms. The van der Waals surface area contributed by atoms with Crippen molar-refractivity contribution in [3.05, 3.63) is 20.8 Å². The molecule has 0 radical (unpaired) electrons. The lowest BCUT2D eigenvalue weighted by Gasteiger charge is -2.25. The van der Waals surface area contributed by atoms with Crippen molar-refractivity contribution in [2.75, 3.05) is 0 Å². The average Bonchev–Trinajstić information content (AvgIpc) is 2.59. The standard InChI is InChI=1S/C13H17ClOS/c1-8-4-3-5-10(6-8)12(15)13-11(14)9(2)7-16-13/h7-8,10H,3-6H2,1-2H3. The van der Waals surface area contributed by atoms with Crippen LogP contribution in [0.2, 0.25) is 5.02 Å². The number of rotatable bonds is 2. The maximum Gasteiger partial charge on any atom is 0.177 e. The van der Waals surface area contributed by atoms with Crippen LogP contribution < -0.4 is 0 Å². The Morgan fingerprint density at radius 3 is 2.81 bits per heavy atom. The first-order valence-electron chi connectivity index (χ1n) is 5.87. The summed E-state index contributed by atoms with van der Waals surface area (Å²) in [7, 11) is 0. The minimum atomic E-state index is 0.208. The molecular formula is C13H17ClOS. The zero-order valence-corrected chi connectivity index (χ0v) is 11.3. The van der Waals surface area contributed by atoms with Crippen LogP contribution >= 0.6 is 22.9 Å². The molecule has 0 amide bonds. The number of hydrogen-bond donors (Lipinski definition) is 0. The molecule has 0 aliphatic heterocycles. The quantitative estimate of drug-likeness (QED) is 0.700. The predicted molar refractivity (Wildman–Crippen MR) is 69.5 cm³/mol. The Balaban J connectivity index is 2.15. The van der Waals surface area contributed by atoms with Gasteiger partial charge < -0.3 is 0 Å². The number of carbonyl (C=O) groups is 1. The van der Waals surface area contributed by atoms with E-state index < -0.39 is 0 Å². The molecule has 2 unspecified atom stereocenters. The van der Waals surface area contributed by atoms with Gasteiger partial charge in [0.1, 0.15) is 0 Å². The minimum Gasteiger partial charge on any atom is -0.293 e. The molecule has 1 aromatic heterocycles. The summed E-state index contributed by atoms with van der Waals surface area (Å²) in [6.45, 7) is 4.19. The van der Waals surface area contributed by atoms with Gasteiger partial charge in [-0.1, -0.05) is 31.4 Å². The number of halogens is 1. The topological polar surface area (TPSA) is 17.1 Å². The van der Waals surface area contributed by atoms with Crippen LogP contribution in [0.5, 0.6) is 0 Å². The van der Waals surface area contributed by atoms with Gasteiger partial charge in [-0.25, -0.2) is 0 Å². The maximum atomic E-state index is 12.3. The Morgan fingerprint density at radius 2 is 2.25 bits per heavy atom. The van der Waals surface area contributed by atoms with Gasteiger partial charge in [0.25, 0.3) is 0 Å². The van der Waals surface area contributed by atoms with E-state index in [-0.39, 0.29) is 11.7 Å². The molecule has 0 aromatic carbocycles. The number of Topliss-reactive ketones (excluding diaryl/α,β-unsaturated/α-hetero) is 1. The lowest BCUT2D eigenvalue weighted by Crippen LogP contribution is -2.21. The molecule has 2 rings (SSSR count). The molecule has 1 aliphatic carbocycles. The van der Waals surface area contributed by atoms with Crippen LogP contribution in [0.3, 0.4) is 0 Å². The number of aryl methyl sites for hydroxylation is 1. The molecule has 1 heterocycles. The van der Waals surface area contributed by atoms with E-state index >= 15 is 0 Å². The first kappa shape index (κ1) is 12.1. The summed E-state index contributed by atoms with van der Waals surface area (Å²) in [6.07, 6.45) is 4.52. The van der Waals surface area contributed by atoms with Gasteiger partial charge in [-0.3, -0.25) is 4.79 Å². The lowest BCUT2D eigenvalue weighted by atomic mass is 9.80. The highest BCUT2D eigenvalue weighted by Gasteiger charge is 2.28. The summed E-state index contributed by atoms with van der Waals surface area (Å²) in [4.78, 5) is 13.1. The van der Waals surface area contributed by atoms with Crippen LogP contribution in [-0.4, -0.2) is 5.78 Å². The molecule has 1 aliphatic rings. The Labute approximate surface area is 106 Å². The van der Waals surface area contributed by atoms with Crippen LogP contribution in [0.4, 0.5) is 0 Å². The van der Waals surface area contributed by atoms with Gasteiger partial charge in [0.15, 0.2) is 5.78 Å². The molecule has 2 atom stereocenters. The number of ketones is 1. The molecule has 1 saturated carbocycles. The largest absolute Gasteiger partial charge is 0.293 e. The van der Waals surface area contributed by atoms with Gasteiger partial charge >= 0.3 is 0 Å². The highest BCUT2D eigenvalue weighted by molar-refractivity contribution is 7.13. The van der Waals surface area contributed by atoms with E-state index in [0.717, 1.165) is 23.3 Å². The fourth-order valence-corrected chi connectivity index (χ4v) is 3.76. The Bertz CT molecular complexity index is 397. The van der Waals surface area contributed by atoms with Gasteiger partial charge in [-0.2, -0.15) is 0 Å². The molecule has 1 nitrogen and oxygen atoms in total. The van der Waals surface area contributed by atoms with Gasteiger partial charge in [0.05, 0.1) is 9.90 Å². The first-order valence-corrected chi connectivity index (χ1v) is 7.13. The Hall–Kier alpha value is -0.340. The highest BCUT2D eigenvalue weighted by Crippen LogP contribution is 2.35. The Morgan fingerprint density at radius 1 is 1.50 bits per heavy atom. The van der Waals surface area contributed by atoms with E-state index in [0.29, 0.717) is 10.9 Å². The fraction of sp³-hybridized carbons (Fsp3) is 0.615. The van der Waals surface area contributed by atoms with Crippen LogP contribution in [0, 0.1) is 18.8 Å². The zero-order chi connectivity index (χ0) is 11.7. The average molecular weight is 257 g/mol. The van der Waals surface area contributed by atoms with E-state index in [1.54, 1.807) is 0 Å². The van der Waals surface area contributed by atoms with E-state index in [4.69, 9.17) is 11.6 Å². The van der Waals surface area contributed by atoms with E-state index in [2.05, 4.69) is 6.92 Å². The maximum absolute atomic E-state index is 12.3.